The molecule has 0 bridgehead atoms. The highest BCUT2D eigenvalue weighted by Crippen LogP contribution is 2.39. The van der Waals surface area contributed by atoms with Crippen LogP contribution in [0, 0.1) is 0 Å². The van der Waals surface area contributed by atoms with E-state index in [4.69, 9.17) is 10.5 Å². The van der Waals surface area contributed by atoms with Crippen LogP contribution in [0.25, 0.3) is 0 Å². The van der Waals surface area contributed by atoms with Crippen LogP contribution in [0.3, 0.4) is 0 Å². The van der Waals surface area contributed by atoms with Gasteiger partial charge >= 0.3 is 0 Å². The highest BCUT2D eigenvalue weighted by atomic mass is 79.9. The van der Waals surface area contributed by atoms with E-state index in [9.17, 15) is 0 Å². The lowest BCUT2D eigenvalue weighted by Crippen LogP contribution is -2.43. The van der Waals surface area contributed by atoms with Gasteiger partial charge in [0.2, 0.25) is 0 Å². The van der Waals surface area contributed by atoms with Gasteiger partial charge in [0.05, 0.1) is 13.2 Å². The molecule has 1 saturated carbocycles. The van der Waals surface area contributed by atoms with Crippen LogP contribution >= 0.6 is 15.9 Å². The molecule has 0 spiro atoms. The number of nitrogens with two attached hydrogens (primary N) is 1. The van der Waals surface area contributed by atoms with Crippen LogP contribution in [0.1, 0.15) is 30.4 Å². The van der Waals surface area contributed by atoms with Crippen LogP contribution in [0.5, 0.6) is 0 Å². The molecule has 0 radical (unpaired) electrons. The molecule has 0 atom stereocenters. The van der Waals surface area contributed by atoms with Crippen LogP contribution in [0.4, 0.5) is 0 Å². The first-order valence-electron chi connectivity index (χ1n) is 7.55. The van der Waals surface area contributed by atoms with Gasteiger partial charge < -0.3 is 10.5 Å². The third kappa shape index (κ3) is 3.08. The van der Waals surface area contributed by atoms with E-state index in [1.807, 2.05) is 0 Å². The van der Waals surface area contributed by atoms with Crippen LogP contribution in [-0.2, 0) is 16.7 Å². The Bertz CT molecular complexity index is 468. The first-order valence-corrected chi connectivity index (χ1v) is 8.35. The molecule has 1 aromatic rings. The Morgan fingerprint density at radius 1 is 1.25 bits per heavy atom. The Balaban J connectivity index is 1.62. The quantitative estimate of drug-likeness (QED) is 0.917. The molecule has 2 N–H and O–H groups in total. The summed E-state index contributed by atoms with van der Waals surface area (Å²) in [4.78, 5) is 2.47. The number of rotatable bonds is 4. The van der Waals surface area contributed by atoms with E-state index in [1.165, 1.54) is 22.0 Å². The lowest BCUT2D eigenvalue weighted by molar-refractivity contribution is 0.0384. The second kappa shape index (κ2) is 6.14. The van der Waals surface area contributed by atoms with E-state index in [-0.39, 0.29) is 5.54 Å². The Morgan fingerprint density at radius 2 is 2.00 bits per heavy atom. The molecule has 2 fully saturated rings. The summed E-state index contributed by atoms with van der Waals surface area (Å²) in [5.41, 5.74) is 8.99. The SMILES string of the molecule is NC1(c2ccc(CCN3CCOCC3)c(Br)c2)CCC1. The van der Waals surface area contributed by atoms with E-state index in [0.717, 1.165) is 52.1 Å². The molecule has 1 aliphatic carbocycles. The largest absolute Gasteiger partial charge is 0.379 e. The third-order valence-corrected chi connectivity index (χ3v) is 5.41. The van der Waals surface area contributed by atoms with Gasteiger partial charge in [-0.25, -0.2) is 0 Å². The second-order valence-corrected chi connectivity index (χ2v) is 6.87. The summed E-state index contributed by atoms with van der Waals surface area (Å²) in [6.45, 7) is 4.96. The summed E-state index contributed by atoms with van der Waals surface area (Å²) in [6, 6.07) is 6.69. The standard InChI is InChI=1S/C16H23BrN2O/c17-15-12-14(16(18)5-1-6-16)3-2-13(15)4-7-19-8-10-20-11-9-19/h2-3,12H,1,4-11,18H2. The van der Waals surface area contributed by atoms with Gasteiger partial charge in [-0.1, -0.05) is 28.1 Å². The van der Waals surface area contributed by atoms with Crippen molar-refractivity contribution in [3.05, 3.63) is 33.8 Å². The minimum Gasteiger partial charge on any atom is -0.379 e. The van der Waals surface area contributed by atoms with E-state index >= 15 is 0 Å². The molecule has 3 nitrogen and oxygen atoms in total. The van der Waals surface area contributed by atoms with Gasteiger partial charge in [-0.15, -0.1) is 0 Å². The predicted molar refractivity (Wildman–Crippen MR) is 84.8 cm³/mol. The Hall–Kier alpha value is -0.420. The smallest absolute Gasteiger partial charge is 0.0594 e. The van der Waals surface area contributed by atoms with Crippen LogP contribution in [0.2, 0.25) is 0 Å². The highest BCUT2D eigenvalue weighted by molar-refractivity contribution is 9.10. The maximum Gasteiger partial charge on any atom is 0.0594 e. The Kier molecular flexibility index (Phi) is 4.46. The van der Waals surface area contributed by atoms with Gasteiger partial charge in [0, 0.05) is 29.6 Å². The van der Waals surface area contributed by atoms with Crippen LogP contribution in [0.15, 0.2) is 22.7 Å². The number of nitrogens with zero attached hydrogens (tertiary/aromatic N) is 1. The van der Waals surface area contributed by atoms with E-state index < -0.39 is 0 Å². The molecule has 3 rings (SSSR count). The second-order valence-electron chi connectivity index (χ2n) is 6.02. The zero-order valence-electron chi connectivity index (χ0n) is 11.9. The average Bonchev–Trinajstić information content (AvgIpc) is 2.44. The number of hydrogen-bond donors (Lipinski definition) is 1. The molecular weight excluding hydrogens is 316 g/mol. The van der Waals surface area contributed by atoms with Gasteiger partial charge in [0.1, 0.15) is 0 Å². The number of morpholine rings is 1. The minimum absolute atomic E-state index is 0.0642. The summed E-state index contributed by atoms with van der Waals surface area (Å²) in [7, 11) is 0. The molecule has 1 aromatic carbocycles. The van der Waals surface area contributed by atoms with Crippen molar-refractivity contribution in [1.82, 2.24) is 4.90 Å². The summed E-state index contributed by atoms with van der Waals surface area (Å²) < 4.78 is 6.59. The predicted octanol–water partition coefficient (Wildman–Crippen LogP) is 2.66. The van der Waals surface area contributed by atoms with Gasteiger partial charge in [0.15, 0.2) is 0 Å². The molecule has 20 heavy (non-hydrogen) atoms. The van der Waals surface area contributed by atoms with Crippen molar-refractivity contribution in [3.8, 4) is 0 Å². The van der Waals surface area contributed by atoms with Crippen molar-refractivity contribution in [1.29, 1.82) is 0 Å². The van der Waals surface area contributed by atoms with Crippen molar-refractivity contribution in [2.75, 3.05) is 32.8 Å². The number of halogens is 1. The van der Waals surface area contributed by atoms with Crippen molar-refractivity contribution in [2.45, 2.75) is 31.2 Å². The van der Waals surface area contributed by atoms with Crippen molar-refractivity contribution >= 4 is 15.9 Å². The fourth-order valence-electron chi connectivity index (χ4n) is 3.01. The van der Waals surface area contributed by atoms with E-state index in [2.05, 4.69) is 39.0 Å². The van der Waals surface area contributed by atoms with Gasteiger partial charge in [0.25, 0.3) is 0 Å². The lowest BCUT2D eigenvalue weighted by Gasteiger charge is -2.39. The molecule has 110 valence electrons. The van der Waals surface area contributed by atoms with Gasteiger partial charge in [-0.3, -0.25) is 4.90 Å². The molecule has 1 saturated heterocycles. The molecule has 2 aliphatic rings. The van der Waals surface area contributed by atoms with Gasteiger partial charge in [-0.2, -0.15) is 0 Å². The van der Waals surface area contributed by atoms with Gasteiger partial charge in [-0.05, 0) is 42.9 Å². The van der Waals surface area contributed by atoms with Crippen LogP contribution in [-0.4, -0.2) is 37.7 Å². The first kappa shape index (κ1) is 14.5. The Morgan fingerprint density at radius 3 is 2.60 bits per heavy atom. The molecule has 0 amide bonds. The summed E-state index contributed by atoms with van der Waals surface area (Å²) in [5.74, 6) is 0. The summed E-state index contributed by atoms with van der Waals surface area (Å²) >= 11 is 3.72. The average molecular weight is 339 g/mol. The fourth-order valence-corrected chi connectivity index (χ4v) is 3.59. The molecule has 1 aliphatic heterocycles. The molecule has 0 aromatic heterocycles. The molecule has 1 heterocycles. The molecular formula is C16H23BrN2O. The summed E-state index contributed by atoms with van der Waals surface area (Å²) in [5, 5.41) is 0. The minimum atomic E-state index is -0.0642. The van der Waals surface area contributed by atoms with Crippen molar-refractivity contribution in [3.63, 3.8) is 0 Å². The highest BCUT2D eigenvalue weighted by Gasteiger charge is 2.34. The zero-order chi connectivity index (χ0) is 14.0. The van der Waals surface area contributed by atoms with E-state index in [0.29, 0.717) is 0 Å². The molecule has 0 unspecified atom stereocenters. The number of hydrogen-bond acceptors (Lipinski definition) is 3. The maximum atomic E-state index is 6.39. The fraction of sp³-hybridized carbons (Fsp3) is 0.625. The number of ether oxygens (including phenoxy) is 1. The topological polar surface area (TPSA) is 38.5 Å². The normalized spacial score (nSPS) is 22.5. The first-order chi connectivity index (χ1) is 9.67. The van der Waals surface area contributed by atoms with E-state index in [1.54, 1.807) is 0 Å². The van der Waals surface area contributed by atoms with Crippen LogP contribution < -0.4 is 5.73 Å². The monoisotopic (exact) mass is 338 g/mol. The molecule has 4 heteroatoms. The van der Waals surface area contributed by atoms with Crippen molar-refractivity contribution < 1.29 is 4.74 Å². The number of benzene rings is 1. The zero-order valence-corrected chi connectivity index (χ0v) is 13.5. The van der Waals surface area contributed by atoms with Crippen molar-refractivity contribution in [2.24, 2.45) is 5.73 Å². The Labute approximate surface area is 129 Å². The summed E-state index contributed by atoms with van der Waals surface area (Å²) in [6.07, 6.45) is 4.57. The third-order valence-electron chi connectivity index (χ3n) is 4.67. The lowest BCUT2D eigenvalue weighted by atomic mass is 9.72. The maximum absolute atomic E-state index is 6.39.